The quantitative estimate of drug-likeness (QED) is 0.741. The van der Waals surface area contributed by atoms with Crippen LogP contribution in [-0.4, -0.2) is 41.1 Å². The maximum atomic E-state index is 12.2. The third-order valence-corrected chi connectivity index (χ3v) is 3.75. The summed E-state index contributed by atoms with van der Waals surface area (Å²) >= 11 is 0. The average molecular weight is 328 g/mol. The van der Waals surface area contributed by atoms with E-state index in [2.05, 4.69) is 10.2 Å². The Labute approximate surface area is 138 Å². The van der Waals surface area contributed by atoms with E-state index in [1.165, 1.54) is 0 Å². The van der Waals surface area contributed by atoms with E-state index in [4.69, 9.17) is 5.73 Å². The fraction of sp³-hybridized carbons (Fsp3) is 0.562. The number of aromatic hydroxyl groups is 1. The highest BCUT2D eigenvalue weighted by Crippen LogP contribution is 2.25. The van der Waals surface area contributed by atoms with E-state index in [1.807, 2.05) is 13.8 Å². The number of carbonyl (C=O) groups is 1. The second-order valence-electron chi connectivity index (χ2n) is 6.55. The molecule has 1 aromatic rings. The first-order valence-corrected chi connectivity index (χ1v) is 7.45. The van der Waals surface area contributed by atoms with Gasteiger partial charge in [0.25, 0.3) is 0 Å². The summed E-state index contributed by atoms with van der Waals surface area (Å²) in [4.78, 5) is 14.6. The summed E-state index contributed by atoms with van der Waals surface area (Å²) in [7, 11) is 0. The second-order valence-corrected chi connectivity index (χ2v) is 6.55. The standard InChI is InChI=1S/C16H25N3O2.ClH/c1-16(2,17)11-19-9-7-12(8-10-19)15(21)18-13-5-3-4-6-14(13)20;/h3-6,12,20H,7-11,17H2,1-2H3,(H,18,21);1H. The molecule has 124 valence electrons. The maximum absolute atomic E-state index is 12.2. The van der Waals surface area contributed by atoms with Crippen molar-refractivity contribution in [2.45, 2.75) is 32.2 Å². The van der Waals surface area contributed by atoms with Crippen molar-refractivity contribution in [2.75, 3.05) is 25.0 Å². The molecule has 0 aliphatic carbocycles. The Balaban J connectivity index is 0.00000242. The predicted octanol–water partition coefficient (Wildman–Crippen LogP) is 2.20. The first-order valence-electron chi connectivity index (χ1n) is 7.45. The average Bonchev–Trinajstić information content (AvgIpc) is 2.40. The predicted molar refractivity (Wildman–Crippen MR) is 91.4 cm³/mol. The molecule has 22 heavy (non-hydrogen) atoms. The Hall–Kier alpha value is -1.30. The zero-order valence-electron chi connectivity index (χ0n) is 13.2. The number of benzene rings is 1. The number of phenols is 1. The summed E-state index contributed by atoms with van der Waals surface area (Å²) < 4.78 is 0. The van der Waals surface area contributed by atoms with Gasteiger partial charge in [-0.1, -0.05) is 12.1 Å². The van der Waals surface area contributed by atoms with E-state index in [0.29, 0.717) is 5.69 Å². The van der Waals surface area contributed by atoms with Gasteiger partial charge in [0.2, 0.25) is 5.91 Å². The van der Waals surface area contributed by atoms with Crippen molar-refractivity contribution in [3.05, 3.63) is 24.3 Å². The van der Waals surface area contributed by atoms with Gasteiger partial charge in [-0.05, 0) is 51.9 Å². The minimum Gasteiger partial charge on any atom is -0.506 e. The van der Waals surface area contributed by atoms with Crippen LogP contribution in [0.3, 0.4) is 0 Å². The number of anilines is 1. The van der Waals surface area contributed by atoms with Crippen LogP contribution in [-0.2, 0) is 4.79 Å². The van der Waals surface area contributed by atoms with E-state index in [0.717, 1.165) is 32.5 Å². The Morgan fingerprint density at radius 2 is 1.95 bits per heavy atom. The van der Waals surface area contributed by atoms with Gasteiger partial charge in [-0.15, -0.1) is 12.4 Å². The molecule has 0 saturated carbocycles. The molecule has 6 heteroatoms. The van der Waals surface area contributed by atoms with Crippen LogP contribution in [0.25, 0.3) is 0 Å². The van der Waals surface area contributed by atoms with Gasteiger partial charge in [0.05, 0.1) is 5.69 Å². The van der Waals surface area contributed by atoms with Crippen molar-refractivity contribution >= 4 is 24.0 Å². The first-order chi connectivity index (χ1) is 9.85. The minimum absolute atomic E-state index is 0. The lowest BCUT2D eigenvalue weighted by Gasteiger charge is -2.35. The first kappa shape index (κ1) is 18.7. The summed E-state index contributed by atoms with van der Waals surface area (Å²) in [5.41, 5.74) is 6.31. The lowest BCUT2D eigenvalue weighted by atomic mass is 9.94. The number of likely N-dealkylation sites (tertiary alicyclic amines) is 1. The molecule has 2 rings (SSSR count). The highest BCUT2D eigenvalue weighted by Gasteiger charge is 2.27. The molecule has 1 amide bonds. The third kappa shape index (κ3) is 5.48. The van der Waals surface area contributed by atoms with Gasteiger partial charge in [0.1, 0.15) is 5.75 Å². The van der Waals surface area contributed by atoms with Crippen molar-refractivity contribution in [3.8, 4) is 5.75 Å². The van der Waals surface area contributed by atoms with Crippen LogP contribution in [0.2, 0.25) is 0 Å². The monoisotopic (exact) mass is 327 g/mol. The third-order valence-electron chi connectivity index (χ3n) is 3.75. The fourth-order valence-corrected chi connectivity index (χ4v) is 2.74. The number of hydrogen-bond donors (Lipinski definition) is 3. The summed E-state index contributed by atoms with van der Waals surface area (Å²) in [5, 5.41) is 12.5. The zero-order chi connectivity index (χ0) is 15.5. The minimum atomic E-state index is -0.203. The van der Waals surface area contributed by atoms with Crippen LogP contribution in [0.1, 0.15) is 26.7 Å². The summed E-state index contributed by atoms with van der Waals surface area (Å²) in [6.07, 6.45) is 1.66. The Kier molecular flexibility index (Phi) is 6.66. The molecule has 0 atom stereocenters. The second kappa shape index (κ2) is 7.81. The van der Waals surface area contributed by atoms with Gasteiger partial charge in [0.15, 0.2) is 0 Å². The van der Waals surface area contributed by atoms with Crippen LogP contribution >= 0.6 is 12.4 Å². The molecular weight excluding hydrogens is 302 g/mol. The van der Waals surface area contributed by atoms with Crippen LogP contribution in [0.15, 0.2) is 24.3 Å². The molecule has 1 heterocycles. The molecular formula is C16H26ClN3O2. The highest BCUT2D eigenvalue weighted by atomic mass is 35.5. The maximum Gasteiger partial charge on any atom is 0.227 e. The van der Waals surface area contributed by atoms with Gasteiger partial charge in [-0.2, -0.15) is 0 Å². The summed E-state index contributed by atoms with van der Waals surface area (Å²) in [5.74, 6) is 0.0954. The summed E-state index contributed by atoms with van der Waals surface area (Å²) in [6, 6.07) is 6.81. The number of piperidine rings is 1. The van der Waals surface area contributed by atoms with Crippen LogP contribution in [0, 0.1) is 5.92 Å². The highest BCUT2D eigenvalue weighted by molar-refractivity contribution is 5.93. The molecule has 5 nitrogen and oxygen atoms in total. The number of rotatable bonds is 4. The SMILES string of the molecule is CC(C)(N)CN1CCC(C(=O)Nc2ccccc2O)CC1.Cl. The van der Waals surface area contributed by atoms with Crippen LogP contribution in [0.5, 0.6) is 5.75 Å². The van der Waals surface area contributed by atoms with Crippen molar-refractivity contribution in [3.63, 3.8) is 0 Å². The molecule has 1 aliphatic rings. The molecule has 0 unspecified atom stereocenters. The molecule has 1 aromatic carbocycles. The molecule has 1 fully saturated rings. The van der Waals surface area contributed by atoms with Crippen LogP contribution in [0.4, 0.5) is 5.69 Å². The topological polar surface area (TPSA) is 78.6 Å². The lowest BCUT2D eigenvalue weighted by molar-refractivity contribution is -0.121. The summed E-state index contributed by atoms with van der Waals surface area (Å²) in [6.45, 7) is 6.66. The number of nitrogens with one attached hydrogen (secondary N) is 1. The molecule has 0 bridgehead atoms. The van der Waals surface area contributed by atoms with Crippen molar-refractivity contribution in [2.24, 2.45) is 11.7 Å². The number of phenolic OH excluding ortho intramolecular Hbond substituents is 1. The zero-order valence-corrected chi connectivity index (χ0v) is 14.0. The molecule has 1 saturated heterocycles. The van der Waals surface area contributed by atoms with Gasteiger partial charge in [0, 0.05) is 18.0 Å². The Morgan fingerprint density at radius 3 is 2.50 bits per heavy atom. The van der Waals surface area contributed by atoms with Crippen molar-refractivity contribution < 1.29 is 9.90 Å². The van der Waals surface area contributed by atoms with Gasteiger partial charge >= 0.3 is 0 Å². The van der Waals surface area contributed by atoms with Crippen molar-refractivity contribution in [1.82, 2.24) is 4.90 Å². The largest absolute Gasteiger partial charge is 0.506 e. The smallest absolute Gasteiger partial charge is 0.227 e. The molecule has 0 aromatic heterocycles. The van der Waals surface area contributed by atoms with E-state index in [1.54, 1.807) is 24.3 Å². The van der Waals surface area contributed by atoms with Gasteiger partial charge in [-0.25, -0.2) is 0 Å². The van der Waals surface area contributed by atoms with E-state index >= 15 is 0 Å². The lowest BCUT2D eigenvalue weighted by Crippen LogP contribution is -2.48. The molecule has 1 aliphatic heterocycles. The Bertz CT molecular complexity index is 494. The van der Waals surface area contributed by atoms with E-state index in [9.17, 15) is 9.90 Å². The van der Waals surface area contributed by atoms with Gasteiger partial charge < -0.3 is 21.1 Å². The van der Waals surface area contributed by atoms with E-state index in [-0.39, 0.29) is 35.5 Å². The molecule has 0 radical (unpaired) electrons. The number of nitrogens with two attached hydrogens (primary N) is 1. The van der Waals surface area contributed by atoms with Crippen molar-refractivity contribution in [1.29, 1.82) is 0 Å². The normalized spacial score (nSPS) is 16.9. The fourth-order valence-electron chi connectivity index (χ4n) is 2.74. The van der Waals surface area contributed by atoms with Crippen LogP contribution < -0.4 is 11.1 Å². The number of hydrogen-bond acceptors (Lipinski definition) is 4. The van der Waals surface area contributed by atoms with E-state index < -0.39 is 0 Å². The number of halogens is 1. The Morgan fingerprint density at radius 1 is 1.36 bits per heavy atom. The van der Waals surface area contributed by atoms with Gasteiger partial charge in [-0.3, -0.25) is 4.79 Å². The number of nitrogens with zero attached hydrogens (tertiary/aromatic N) is 1. The number of para-hydroxylation sites is 2. The number of amides is 1. The molecule has 4 N–H and O–H groups in total. The molecule has 0 spiro atoms. The number of carbonyl (C=O) groups excluding carboxylic acids is 1.